The van der Waals surface area contributed by atoms with Gasteiger partial charge in [0, 0.05) is 38.6 Å². The van der Waals surface area contributed by atoms with E-state index in [9.17, 15) is 9.90 Å². The standard InChI is InChI=1S/C21H31NO4/c1-16-15-22(11-10-21(16,24)18-8-12-26-13-9-18)20(23)7-6-17-4-3-5-19(14-17)25-2/h3-5,14,16,18,24H,6-13,15H2,1-2H3. The highest BCUT2D eigenvalue weighted by atomic mass is 16.5. The molecule has 0 aromatic heterocycles. The number of methoxy groups -OCH3 is 1. The third kappa shape index (κ3) is 4.21. The zero-order valence-corrected chi connectivity index (χ0v) is 15.9. The molecule has 1 N–H and O–H groups in total. The van der Waals surface area contributed by atoms with Gasteiger partial charge in [-0.05, 0) is 49.3 Å². The summed E-state index contributed by atoms with van der Waals surface area (Å²) in [7, 11) is 1.65. The van der Waals surface area contributed by atoms with E-state index in [1.54, 1.807) is 7.11 Å². The van der Waals surface area contributed by atoms with E-state index in [0.717, 1.165) is 37.4 Å². The highest BCUT2D eigenvalue weighted by molar-refractivity contribution is 5.76. The van der Waals surface area contributed by atoms with Crippen molar-refractivity contribution in [2.75, 3.05) is 33.4 Å². The Bertz CT molecular complexity index is 614. The van der Waals surface area contributed by atoms with Crippen LogP contribution in [0.5, 0.6) is 5.75 Å². The largest absolute Gasteiger partial charge is 0.497 e. The van der Waals surface area contributed by atoms with Gasteiger partial charge in [0.1, 0.15) is 5.75 Å². The molecule has 144 valence electrons. The zero-order valence-electron chi connectivity index (χ0n) is 15.9. The summed E-state index contributed by atoms with van der Waals surface area (Å²) in [6, 6.07) is 7.87. The maximum Gasteiger partial charge on any atom is 0.222 e. The Morgan fingerprint density at radius 3 is 2.85 bits per heavy atom. The van der Waals surface area contributed by atoms with E-state index < -0.39 is 5.60 Å². The van der Waals surface area contributed by atoms with E-state index in [2.05, 4.69) is 6.92 Å². The number of likely N-dealkylation sites (tertiary alicyclic amines) is 1. The van der Waals surface area contributed by atoms with Crippen molar-refractivity contribution in [3.05, 3.63) is 29.8 Å². The SMILES string of the molecule is COc1cccc(CCC(=O)N2CCC(O)(C3CCOCC3)C(C)C2)c1. The van der Waals surface area contributed by atoms with Crippen molar-refractivity contribution in [1.82, 2.24) is 4.90 Å². The van der Waals surface area contributed by atoms with Crippen molar-refractivity contribution >= 4 is 5.91 Å². The third-order valence-corrected chi connectivity index (χ3v) is 6.17. The molecule has 2 fully saturated rings. The van der Waals surface area contributed by atoms with Crippen LogP contribution in [0.2, 0.25) is 0 Å². The molecule has 2 atom stereocenters. The van der Waals surface area contributed by atoms with Gasteiger partial charge in [0.25, 0.3) is 0 Å². The number of rotatable bonds is 5. The maximum absolute atomic E-state index is 12.7. The summed E-state index contributed by atoms with van der Waals surface area (Å²) in [5.41, 5.74) is 0.453. The topological polar surface area (TPSA) is 59.0 Å². The summed E-state index contributed by atoms with van der Waals surface area (Å²) in [5, 5.41) is 11.2. The van der Waals surface area contributed by atoms with E-state index in [1.807, 2.05) is 29.2 Å². The van der Waals surface area contributed by atoms with E-state index in [4.69, 9.17) is 9.47 Å². The van der Waals surface area contributed by atoms with Gasteiger partial charge < -0.3 is 19.5 Å². The molecule has 5 heteroatoms. The van der Waals surface area contributed by atoms with Crippen molar-refractivity contribution in [1.29, 1.82) is 0 Å². The highest BCUT2D eigenvalue weighted by Gasteiger charge is 2.45. The lowest BCUT2D eigenvalue weighted by Crippen LogP contribution is -2.56. The number of ether oxygens (including phenoxy) is 2. The quantitative estimate of drug-likeness (QED) is 0.876. The number of hydrogen-bond acceptors (Lipinski definition) is 4. The van der Waals surface area contributed by atoms with Crippen molar-refractivity contribution in [2.45, 2.75) is 44.6 Å². The van der Waals surface area contributed by atoms with Crippen LogP contribution in [0.15, 0.2) is 24.3 Å². The van der Waals surface area contributed by atoms with Crippen LogP contribution in [-0.4, -0.2) is 54.9 Å². The molecule has 0 aliphatic carbocycles. The summed E-state index contributed by atoms with van der Waals surface area (Å²) >= 11 is 0. The molecule has 2 aliphatic heterocycles. The number of carbonyl (C=O) groups excluding carboxylic acids is 1. The fourth-order valence-corrected chi connectivity index (χ4v) is 4.41. The molecule has 0 radical (unpaired) electrons. The van der Waals surface area contributed by atoms with Crippen LogP contribution in [0.25, 0.3) is 0 Å². The molecule has 2 heterocycles. The second-order valence-electron chi connectivity index (χ2n) is 7.72. The summed E-state index contributed by atoms with van der Waals surface area (Å²) in [5.74, 6) is 1.39. The molecular weight excluding hydrogens is 330 g/mol. The Labute approximate surface area is 156 Å². The van der Waals surface area contributed by atoms with E-state index in [0.29, 0.717) is 38.3 Å². The minimum Gasteiger partial charge on any atom is -0.497 e. The number of aliphatic hydroxyl groups is 1. The summed E-state index contributed by atoms with van der Waals surface area (Å²) in [6.07, 6.45) is 3.72. The Balaban J connectivity index is 1.53. The van der Waals surface area contributed by atoms with E-state index in [-0.39, 0.29) is 11.8 Å². The lowest BCUT2D eigenvalue weighted by Gasteiger charge is -2.48. The average Bonchev–Trinajstić information content (AvgIpc) is 2.69. The van der Waals surface area contributed by atoms with Gasteiger partial charge in [-0.1, -0.05) is 19.1 Å². The van der Waals surface area contributed by atoms with Crippen molar-refractivity contribution in [2.24, 2.45) is 11.8 Å². The minimum absolute atomic E-state index is 0.0973. The summed E-state index contributed by atoms with van der Waals surface area (Å²) in [6.45, 7) is 4.85. The number of piperidine rings is 1. The first-order chi connectivity index (χ1) is 12.5. The van der Waals surface area contributed by atoms with Crippen LogP contribution in [0.3, 0.4) is 0 Å². The second-order valence-corrected chi connectivity index (χ2v) is 7.72. The van der Waals surface area contributed by atoms with Crippen LogP contribution in [0.1, 0.15) is 38.2 Å². The normalized spacial score (nSPS) is 27.3. The Morgan fingerprint density at radius 1 is 1.38 bits per heavy atom. The molecular formula is C21H31NO4. The van der Waals surface area contributed by atoms with Crippen LogP contribution < -0.4 is 4.74 Å². The zero-order chi connectivity index (χ0) is 18.6. The van der Waals surface area contributed by atoms with Crippen molar-refractivity contribution in [3.63, 3.8) is 0 Å². The second kappa shape index (κ2) is 8.40. The average molecular weight is 361 g/mol. The Kier molecular flexibility index (Phi) is 6.20. The molecule has 26 heavy (non-hydrogen) atoms. The predicted molar refractivity (Wildman–Crippen MR) is 100 cm³/mol. The maximum atomic E-state index is 12.7. The minimum atomic E-state index is -0.659. The molecule has 1 aromatic carbocycles. The fourth-order valence-electron chi connectivity index (χ4n) is 4.41. The van der Waals surface area contributed by atoms with E-state index >= 15 is 0 Å². The molecule has 2 saturated heterocycles. The smallest absolute Gasteiger partial charge is 0.222 e. The molecule has 5 nitrogen and oxygen atoms in total. The van der Waals surface area contributed by atoms with Gasteiger partial charge in [-0.15, -0.1) is 0 Å². The Morgan fingerprint density at radius 2 is 2.15 bits per heavy atom. The number of benzene rings is 1. The van der Waals surface area contributed by atoms with Crippen LogP contribution >= 0.6 is 0 Å². The van der Waals surface area contributed by atoms with Gasteiger partial charge in [0.15, 0.2) is 0 Å². The lowest BCUT2D eigenvalue weighted by atomic mass is 9.70. The van der Waals surface area contributed by atoms with Gasteiger partial charge in [0.2, 0.25) is 5.91 Å². The fraction of sp³-hybridized carbons (Fsp3) is 0.667. The summed E-state index contributed by atoms with van der Waals surface area (Å²) < 4.78 is 10.7. The first kappa shape index (κ1) is 19.2. The van der Waals surface area contributed by atoms with Crippen LogP contribution in [0, 0.1) is 11.8 Å². The number of nitrogens with zero attached hydrogens (tertiary/aromatic N) is 1. The van der Waals surface area contributed by atoms with Gasteiger partial charge in [-0.2, -0.15) is 0 Å². The number of carbonyl (C=O) groups is 1. The number of amides is 1. The molecule has 2 aliphatic rings. The molecule has 1 aromatic rings. The third-order valence-electron chi connectivity index (χ3n) is 6.17. The van der Waals surface area contributed by atoms with Crippen molar-refractivity contribution < 1.29 is 19.4 Å². The van der Waals surface area contributed by atoms with Crippen LogP contribution in [-0.2, 0) is 16.0 Å². The lowest BCUT2D eigenvalue weighted by molar-refractivity contribution is -0.151. The number of aryl methyl sites for hydroxylation is 1. The Hall–Kier alpha value is -1.59. The molecule has 0 saturated carbocycles. The summed E-state index contributed by atoms with van der Waals surface area (Å²) in [4.78, 5) is 14.6. The van der Waals surface area contributed by atoms with Crippen LogP contribution in [0.4, 0.5) is 0 Å². The van der Waals surface area contributed by atoms with E-state index in [1.165, 1.54) is 0 Å². The number of hydrogen-bond donors (Lipinski definition) is 1. The molecule has 0 spiro atoms. The van der Waals surface area contributed by atoms with Gasteiger partial charge >= 0.3 is 0 Å². The van der Waals surface area contributed by atoms with Crippen molar-refractivity contribution in [3.8, 4) is 5.75 Å². The first-order valence-electron chi connectivity index (χ1n) is 9.73. The first-order valence-corrected chi connectivity index (χ1v) is 9.73. The van der Waals surface area contributed by atoms with Gasteiger partial charge in [-0.25, -0.2) is 0 Å². The predicted octanol–water partition coefficient (Wildman–Crippen LogP) is 2.65. The highest BCUT2D eigenvalue weighted by Crippen LogP contribution is 2.39. The van der Waals surface area contributed by atoms with Gasteiger partial charge in [-0.3, -0.25) is 4.79 Å². The molecule has 0 bridgehead atoms. The molecule has 2 unspecified atom stereocenters. The van der Waals surface area contributed by atoms with Gasteiger partial charge in [0.05, 0.1) is 12.7 Å². The molecule has 1 amide bonds. The monoisotopic (exact) mass is 361 g/mol. The molecule has 3 rings (SSSR count).